The molecule has 126 valence electrons. The van der Waals surface area contributed by atoms with E-state index in [4.69, 9.17) is 10.00 Å². The van der Waals surface area contributed by atoms with Gasteiger partial charge in [0.05, 0.1) is 19.3 Å². The van der Waals surface area contributed by atoms with Crippen molar-refractivity contribution in [3.63, 3.8) is 0 Å². The Morgan fingerprint density at radius 2 is 1.96 bits per heavy atom. The number of ether oxygens (including phenoxy) is 1. The first-order chi connectivity index (χ1) is 10.9. The second-order valence-corrected chi connectivity index (χ2v) is 7.47. The lowest BCUT2D eigenvalue weighted by Crippen LogP contribution is -2.44. The van der Waals surface area contributed by atoms with Crippen LogP contribution in [0.3, 0.4) is 0 Å². The maximum Gasteiger partial charge on any atom is 0.227 e. The number of sulfonamides is 1. The number of hydrogen-bond donors (Lipinski definition) is 1. The maximum absolute atomic E-state index is 13.1. The van der Waals surface area contributed by atoms with E-state index in [1.54, 1.807) is 18.2 Å². The van der Waals surface area contributed by atoms with E-state index in [2.05, 4.69) is 9.62 Å². The van der Waals surface area contributed by atoms with E-state index >= 15 is 0 Å². The fourth-order valence-corrected chi connectivity index (χ4v) is 3.20. The summed E-state index contributed by atoms with van der Waals surface area (Å²) in [5, 5.41) is 7.67. The molecule has 0 spiro atoms. The quantitative estimate of drug-likeness (QED) is 0.836. The van der Waals surface area contributed by atoms with Crippen LogP contribution in [0.15, 0.2) is 24.3 Å². The number of nitriles is 1. The molecule has 0 aromatic heterocycles. The Bertz CT molecular complexity index is 652. The van der Waals surface area contributed by atoms with Gasteiger partial charge in [0, 0.05) is 25.7 Å². The van der Waals surface area contributed by atoms with E-state index in [1.807, 2.05) is 0 Å². The van der Waals surface area contributed by atoms with Crippen molar-refractivity contribution in [3.05, 3.63) is 35.6 Å². The molecule has 8 heteroatoms. The van der Waals surface area contributed by atoms with Gasteiger partial charge in [0.2, 0.25) is 10.0 Å². The summed E-state index contributed by atoms with van der Waals surface area (Å²) in [6, 6.07) is 7.50. The molecule has 1 aliphatic rings. The summed E-state index contributed by atoms with van der Waals surface area (Å²) < 4.78 is 44.9. The van der Waals surface area contributed by atoms with E-state index in [9.17, 15) is 12.8 Å². The van der Waals surface area contributed by atoms with Crippen LogP contribution in [0, 0.1) is 17.1 Å². The van der Waals surface area contributed by atoms with Gasteiger partial charge in [-0.3, -0.25) is 4.90 Å². The zero-order chi connectivity index (χ0) is 16.9. The topological polar surface area (TPSA) is 82.4 Å². The summed E-state index contributed by atoms with van der Waals surface area (Å²) in [7, 11) is -3.70. The Balaban J connectivity index is 2.17. The third-order valence-electron chi connectivity index (χ3n) is 3.87. The molecule has 23 heavy (non-hydrogen) atoms. The smallest absolute Gasteiger partial charge is 0.227 e. The average molecular weight is 341 g/mol. The minimum Gasteiger partial charge on any atom is -0.379 e. The minimum absolute atomic E-state index is 0.125. The molecule has 1 aliphatic heterocycles. The molecule has 1 heterocycles. The van der Waals surface area contributed by atoms with Gasteiger partial charge in [-0.1, -0.05) is 12.1 Å². The van der Waals surface area contributed by atoms with Crippen molar-refractivity contribution in [2.75, 3.05) is 32.8 Å². The van der Waals surface area contributed by atoms with Gasteiger partial charge in [0.15, 0.2) is 5.25 Å². The lowest BCUT2D eigenvalue weighted by atomic mass is 10.0. The highest BCUT2D eigenvalue weighted by Crippen LogP contribution is 2.22. The number of hydrogen-bond acceptors (Lipinski definition) is 5. The molecule has 1 N–H and O–H groups in total. The van der Waals surface area contributed by atoms with Gasteiger partial charge in [-0.25, -0.2) is 17.5 Å². The standard InChI is InChI=1S/C15H20FN3O3S/c1-12(10-17)23(20,21)18-11-15(19-6-8-22-9-7-19)13-2-4-14(16)5-3-13/h2-5,12,15,18H,6-9,11H2,1H3/t12-,15+/m0/s1. The van der Waals surface area contributed by atoms with Gasteiger partial charge in [-0.2, -0.15) is 5.26 Å². The third kappa shape index (κ3) is 4.72. The van der Waals surface area contributed by atoms with Crippen LogP contribution < -0.4 is 4.72 Å². The lowest BCUT2D eigenvalue weighted by Gasteiger charge is -2.35. The Morgan fingerprint density at radius 3 is 2.52 bits per heavy atom. The largest absolute Gasteiger partial charge is 0.379 e. The SMILES string of the molecule is C[C@@H](C#N)S(=O)(=O)NC[C@H](c1ccc(F)cc1)N1CCOCC1. The molecule has 1 fully saturated rings. The van der Waals surface area contributed by atoms with E-state index in [0.29, 0.717) is 26.3 Å². The Morgan fingerprint density at radius 1 is 1.35 bits per heavy atom. The minimum atomic E-state index is -3.70. The van der Waals surface area contributed by atoms with Crippen LogP contribution in [0.25, 0.3) is 0 Å². The molecular weight excluding hydrogens is 321 g/mol. The molecule has 1 saturated heterocycles. The predicted octanol–water partition coefficient (Wildman–Crippen LogP) is 1.03. The van der Waals surface area contributed by atoms with Crippen LogP contribution in [0.2, 0.25) is 0 Å². The van der Waals surface area contributed by atoms with Crippen LogP contribution in [0.1, 0.15) is 18.5 Å². The van der Waals surface area contributed by atoms with E-state index in [1.165, 1.54) is 19.1 Å². The van der Waals surface area contributed by atoms with Crippen molar-refractivity contribution in [2.24, 2.45) is 0 Å². The molecule has 0 aliphatic carbocycles. The molecule has 0 bridgehead atoms. The lowest BCUT2D eigenvalue weighted by molar-refractivity contribution is 0.0172. The molecular formula is C15H20FN3O3S. The van der Waals surface area contributed by atoms with E-state index in [0.717, 1.165) is 5.56 Å². The molecule has 2 rings (SSSR count). The number of halogens is 1. The van der Waals surface area contributed by atoms with Crippen molar-refractivity contribution in [1.29, 1.82) is 5.26 Å². The normalized spacial score (nSPS) is 19.0. The highest BCUT2D eigenvalue weighted by Gasteiger charge is 2.26. The van der Waals surface area contributed by atoms with Gasteiger partial charge in [-0.05, 0) is 24.6 Å². The first kappa shape index (κ1) is 17.8. The molecule has 0 amide bonds. The maximum atomic E-state index is 13.1. The predicted molar refractivity (Wildman–Crippen MR) is 83.5 cm³/mol. The fourth-order valence-electron chi connectivity index (χ4n) is 2.42. The number of benzene rings is 1. The van der Waals surface area contributed by atoms with Gasteiger partial charge in [0.25, 0.3) is 0 Å². The van der Waals surface area contributed by atoms with Crippen LogP contribution in [0.5, 0.6) is 0 Å². The number of nitrogens with one attached hydrogen (secondary N) is 1. The van der Waals surface area contributed by atoms with Crippen LogP contribution >= 0.6 is 0 Å². The monoisotopic (exact) mass is 341 g/mol. The summed E-state index contributed by atoms with van der Waals surface area (Å²) in [5.41, 5.74) is 0.820. The second kappa shape index (κ2) is 7.84. The molecule has 0 radical (unpaired) electrons. The molecule has 1 aromatic carbocycles. The Labute approximate surface area is 135 Å². The van der Waals surface area contributed by atoms with Gasteiger partial charge in [-0.15, -0.1) is 0 Å². The van der Waals surface area contributed by atoms with Crippen molar-refractivity contribution in [3.8, 4) is 6.07 Å². The van der Waals surface area contributed by atoms with Crippen molar-refractivity contribution >= 4 is 10.0 Å². The molecule has 2 atom stereocenters. The average Bonchev–Trinajstić information content (AvgIpc) is 2.56. The fraction of sp³-hybridized carbons (Fsp3) is 0.533. The number of rotatable bonds is 6. The zero-order valence-corrected chi connectivity index (χ0v) is 13.7. The number of morpholine rings is 1. The summed E-state index contributed by atoms with van der Waals surface area (Å²) in [6.07, 6.45) is 0. The highest BCUT2D eigenvalue weighted by molar-refractivity contribution is 7.90. The third-order valence-corrected chi connectivity index (χ3v) is 5.47. The molecule has 1 aromatic rings. The van der Waals surface area contributed by atoms with Gasteiger partial charge >= 0.3 is 0 Å². The van der Waals surface area contributed by atoms with Gasteiger partial charge in [0.1, 0.15) is 5.82 Å². The van der Waals surface area contributed by atoms with Crippen molar-refractivity contribution in [1.82, 2.24) is 9.62 Å². The highest BCUT2D eigenvalue weighted by atomic mass is 32.2. The van der Waals surface area contributed by atoms with Crippen molar-refractivity contribution < 1.29 is 17.5 Å². The summed E-state index contributed by atoms with van der Waals surface area (Å²) >= 11 is 0. The van der Waals surface area contributed by atoms with Crippen molar-refractivity contribution in [2.45, 2.75) is 18.2 Å². The Kier molecular flexibility index (Phi) is 6.07. The summed E-state index contributed by atoms with van der Waals surface area (Å²) in [5.74, 6) is -0.340. The molecule has 6 nitrogen and oxygen atoms in total. The van der Waals surface area contributed by atoms with Crippen LogP contribution in [0.4, 0.5) is 4.39 Å². The molecule has 0 saturated carbocycles. The van der Waals surface area contributed by atoms with E-state index in [-0.39, 0.29) is 18.4 Å². The zero-order valence-electron chi connectivity index (χ0n) is 12.9. The first-order valence-electron chi connectivity index (χ1n) is 7.39. The summed E-state index contributed by atoms with van der Waals surface area (Å²) in [6.45, 7) is 3.93. The Hall–Kier alpha value is -1.53. The van der Waals surface area contributed by atoms with Gasteiger partial charge < -0.3 is 4.74 Å². The summed E-state index contributed by atoms with van der Waals surface area (Å²) in [4.78, 5) is 2.09. The first-order valence-corrected chi connectivity index (χ1v) is 8.94. The number of nitrogens with zero attached hydrogens (tertiary/aromatic N) is 2. The van der Waals surface area contributed by atoms with Crippen LogP contribution in [-0.2, 0) is 14.8 Å². The second-order valence-electron chi connectivity index (χ2n) is 5.38. The molecule has 0 unspecified atom stereocenters. The van der Waals surface area contributed by atoms with Crippen LogP contribution in [-0.4, -0.2) is 51.4 Å². The van der Waals surface area contributed by atoms with E-state index < -0.39 is 15.3 Å².